The molecule has 3 aromatic rings. The Kier molecular flexibility index (Phi) is 5.48. The fourth-order valence-electron chi connectivity index (χ4n) is 3.62. The van der Waals surface area contributed by atoms with Gasteiger partial charge in [0.1, 0.15) is 11.5 Å². The molecule has 0 saturated heterocycles. The molecule has 0 fully saturated rings. The van der Waals surface area contributed by atoms with E-state index in [1.807, 2.05) is 47.4 Å². The summed E-state index contributed by atoms with van der Waals surface area (Å²) in [6.07, 6.45) is 4.03. The zero-order valence-electron chi connectivity index (χ0n) is 16.3. The minimum absolute atomic E-state index is 0.0343. The van der Waals surface area contributed by atoms with Crippen molar-refractivity contribution in [3.63, 3.8) is 0 Å². The molecular formula is C22H23N3O4. The Morgan fingerprint density at radius 3 is 2.34 bits per heavy atom. The molecule has 7 heteroatoms. The fourth-order valence-corrected chi connectivity index (χ4v) is 3.62. The van der Waals surface area contributed by atoms with E-state index in [0.717, 1.165) is 34.9 Å². The van der Waals surface area contributed by atoms with Gasteiger partial charge in [0, 0.05) is 24.8 Å². The molecule has 4 rings (SSSR count). The summed E-state index contributed by atoms with van der Waals surface area (Å²) in [6, 6.07) is 13.1. The number of fused-ring (bicyclic) bond motifs is 1. The Morgan fingerprint density at radius 1 is 1.07 bits per heavy atom. The second-order valence-corrected chi connectivity index (χ2v) is 7.12. The molecule has 0 atom stereocenters. The van der Waals surface area contributed by atoms with Gasteiger partial charge in [0.05, 0.1) is 32.2 Å². The highest BCUT2D eigenvalue weighted by Crippen LogP contribution is 2.30. The monoisotopic (exact) mass is 393 g/mol. The van der Waals surface area contributed by atoms with Crippen molar-refractivity contribution < 1.29 is 18.4 Å². The summed E-state index contributed by atoms with van der Waals surface area (Å²) in [4.78, 5) is 28.1. The third-order valence-corrected chi connectivity index (χ3v) is 4.93. The molecule has 7 nitrogen and oxygen atoms in total. The van der Waals surface area contributed by atoms with Gasteiger partial charge in [-0.1, -0.05) is 0 Å². The number of carbonyl (C=O) groups excluding carboxylic acids is 2. The van der Waals surface area contributed by atoms with Crippen LogP contribution in [0.2, 0.25) is 0 Å². The van der Waals surface area contributed by atoms with Gasteiger partial charge < -0.3 is 19.1 Å². The lowest BCUT2D eigenvalue weighted by Gasteiger charge is -2.20. The number of rotatable bonds is 7. The maximum absolute atomic E-state index is 12.7. The maximum Gasteiger partial charge on any atom is 0.238 e. The molecule has 3 heterocycles. The van der Waals surface area contributed by atoms with E-state index < -0.39 is 0 Å². The van der Waals surface area contributed by atoms with Gasteiger partial charge >= 0.3 is 0 Å². The lowest BCUT2D eigenvalue weighted by atomic mass is 10.1. The number of carbonyl (C=O) groups is 2. The quantitative estimate of drug-likeness (QED) is 0.665. The number of furan rings is 2. The third-order valence-electron chi connectivity index (χ3n) is 4.93. The van der Waals surface area contributed by atoms with Crippen molar-refractivity contribution in [1.82, 2.24) is 4.90 Å². The Balaban J connectivity index is 1.42. The smallest absolute Gasteiger partial charge is 0.238 e. The number of hydrogen-bond acceptors (Lipinski definition) is 5. The first kappa shape index (κ1) is 19.0. The van der Waals surface area contributed by atoms with Crippen molar-refractivity contribution in [2.24, 2.45) is 0 Å². The standard InChI is InChI=1S/C22H23N3O4/c1-16(26)25-9-8-17-12-18(6-7-21(17)25)23-22(27)15-24(13-19-4-2-10-28-19)14-20-5-3-11-29-20/h2-7,10-12H,8-9,13-15H2,1H3,(H,23,27). The van der Waals surface area contributed by atoms with E-state index in [0.29, 0.717) is 19.6 Å². The summed E-state index contributed by atoms with van der Waals surface area (Å²) in [6.45, 7) is 3.44. The van der Waals surface area contributed by atoms with E-state index in [2.05, 4.69) is 5.32 Å². The van der Waals surface area contributed by atoms with Crippen molar-refractivity contribution in [3.8, 4) is 0 Å². The van der Waals surface area contributed by atoms with Crippen molar-refractivity contribution in [2.45, 2.75) is 26.4 Å². The number of hydrogen-bond donors (Lipinski definition) is 1. The summed E-state index contributed by atoms with van der Waals surface area (Å²) in [5.41, 5.74) is 2.73. The molecule has 1 aliphatic rings. The van der Waals surface area contributed by atoms with Crippen LogP contribution < -0.4 is 10.2 Å². The van der Waals surface area contributed by atoms with Crippen LogP contribution in [0.4, 0.5) is 11.4 Å². The van der Waals surface area contributed by atoms with Gasteiger partial charge in [0.25, 0.3) is 0 Å². The molecule has 1 N–H and O–H groups in total. The van der Waals surface area contributed by atoms with Crippen LogP contribution in [0.5, 0.6) is 0 Å². The minimum atomic E-state index is -0.121. The number of amides is 2. The number of benzene rings is 1. The predicted molar refractivity (Wildman–Crippen MR) is 108 cm³/mol. The Labute approximate surface area is 168 Å². The zero-order chi connectivity index (χ0) is 20.2. The average molecular weight is 393 g/mol. The highest BCUT2D eigenvalue weighted by atomic mass is 16.3. The number of nitrogens with one attached hydrogen (secondary N) is 1. The maximum atomic E-state index is 12.7. The molecule has 29 heavy (non-hydrogen) atoms. The first-order valence-corrected chi connectivity index (χ1v) is 9.56. The lowest BCUT2D eigenvalue weighted by molar-refractivity contribution is -0.118. The van der Waals surface area contributed by atoms with Crippen molar-refractivity contribution in [1.29, 1.82) is 0 Å². The van der Waals surface area contributed by atoms with Crippen LogP contribution in [0.25, 0.3) is 0 Å². The largest absolute Gasteiger partial charge is 0.468 e. The molecule has 2 aromatic heterocycles. The Bertz CT molecular complexity index is 943. The van der Waals surface area contributed by atoms with Gasteiger partial charge in [0.2, 0.25) is 11.8 Å². The fraction of sp³-hybridized carbons (Fsp3) is 0.273. The second-order valence-electron chi connectivity index (χ2n) is 7.12. The second kappa shape index (κ2) is 8.36. The normalized spacial score (nSPS) is 13.0. The molecule has 150 valence electrons. The lowest BCUT2D eigenvalue weighted by Crippen LogP contribution is -2.32. The minimum Gasteiger partial charge on any atom is -0.468 e. The van der Waals surface area contributed by atoms with Crippen LogP contribution in [0, 0.1) is 0 Å². The first-order valence-electron chi connectivity index (χ1n) is 9.56. The summed E-state index contributed by atoms with van der Waals surface area (Å²) in [5, 5.41) is 2.96. The Hall–Kier alpha value is -3.32. The van der Waals surface area contributed by atoms with E-state index >= 15 is 0 Å². The summed E-state index contributed by atoms with van der Waals surface area (Å²) in [5.74, 6) is 1.48. The van der Waals surface area contributed by atoms with E-state index in [1.54, 1.807) is 24.3 Å². The van der Waals surface area contributed by atoms with Crippen LogP contribution in [-0.2, 0) is 29.1 Å². The molecule has 1 aromatic carbocycles. The average Bonchev–Trinajstić information content (AvgIpc) is 3.42. The summed E-state index contributed by atoms with van der Waals surface area (Å²) in [7, 11) is 0. The van der Waals surface area contributed by atoms with Crippen LogP contribution in [0.15, 0.2) is 63.8 Å². The molecule has 0 spiro atoms. The van der Waals surface area contributed by atoms with E-state index in [9.17, 15) is 9.59 Å². The number of nitrogens with zero attached hydrogens (tertiary/aromatic N) is 2. The van der Waals surface area contributed by atoms with Gasteiger partial charge in [0.15, 0.2) is 0 Å². The van der Waals surface area contributed by atoms with Gasteiger partial charge in [-0.25, -0.2) is 0 Å². The molecule has 0 unspecified atom stereocenters. The highest BCUT2D eigenvalue weighted by Gasteiger charge is 2.22. The summed E-state index contributed by atoms with van der Waals surface area (Å²) < 4.78 is 10.9. The summed E-state index contributed by atoms with van der Waals surface area (Å²) >= 11 is 0. The van der Waals surface area contributed by atoms with Gasteiger partial charge in [-0.2, -0.15) is 0 Å². The van der Waals surface area contributed by atoms with Gasteiger partial charge in [-0.3, -0.25) is 14.5 Å². The van der Waals surface area contributed by atoms with E-state index in [1.165, 1.54) is 0 Å². The molecule has 0 saturated carbocycles. The molecule has 0 bridgehead atoms. The number of anilines is 2. The van der Waals surface area contributed by atoms with Crippen LogP contribution >= 0.6 is 0 Å². The molecule has 2 amide bonds. The van der Waals surface area contributed by atoms with Crippen LogP contribution in [-0.4, -0.2) is 29.8 Å². The molecule has 0 aliphatic carbocycles. The van der Waals surface area contributed by atoms with Crippen LogP contribution in [0.1, 0.15) is 24.0 Å². The highest BCUT2D eigenvalue weighted by molar-refractivity contribution is 5.96. The van der Waals surface area contributed by atoms with Gasteiger partial charge in [-0.15, -0.1) is 0 Å². The molecule has 0 radical (unpaired) electrons. The van der Waals surface area contributed by atoms with Crippen molar-refractivity contribution >= 4 is 23.2 Å². The topological polar surface area (TPSA) is 78.9 Å². The predicted octanol–water partition coefficient (Wildman–Crippen LogP) is 3.42. The van der Waals surface area contributed by atoms with E-state index in [-0.39, 0.29) is 18.4 Å². The Morgan fingerprint density at radius 2 is 1.76 bits per heavy atom. The van der Waals surface area contributed by atoms with Crippen molar-refractivity contribution in [2.75, 3.05) is 23.3 Å². The van der Waals surface area contributed by atoms with E-state index in [4.69, 9.17) is 8.83 Å². The van der Waals surface area contributed by atoms with Crippen molar-refractivity contribution in [3.05, 3.63) is 72.1 Å². The van der Waals surface area contributed by atoms with Crippen LogP contribution in [0.3, 0.4) is 0 Å². The third kappa shape index (κ3) is 4.57. The van der Waals surface area contributed by atoms with Gasteiger partial charge in [-0.05, 0) is 54.4 Å². The SMILES string of the molecule is CC(=O)N1CCc2cc(NC(=O)CN(Cc3ccco3)Cc3ccco3)ccc21. The molecular weight excluding hydrogens is 370 g/mol. The molecule has 1 aliphatic heterocycles. The zero-order valence-corrected chi connectivity index (χ0v) is 16.3. The first-order chi connectivity index (χ1) is 14.1.